The molecule has 0 aromatic carbocycles. The van der Waals surface area contributed by atoms with Crippen molar-refractivity contribution < 1.29 is 4.79 Å². The van der Waals surface area contributed by atoms with Gasteiger partial charge in [-0.2, -0.15) is 5.10 Å². The van der Waals surface area contributed by atoms with Crippen molar-refractivity contribution in [2.24, 2.45) is 0 Å². The summed E-state index contributed by atoms with van der Waals surface area (Å²) in [6.07, 6.45) is 8.44. The molecule has 2 aliphatic rings. The molecule has 2 aromatic rings. The van der Waals surface area contributed by atoms with Gasteiger partial charge >= 0.3 is 0 Å². The fraction of sp³-hybridized carbons (Fsp3) is 0.600. The first kappa shape index (κ1) is 13.5. The van der Waals surface area contributed by atoms with E-state index >= 15 is 0 Å². The second-order valence-corrected chi connectivity index (χ2v) is 6.34. The lowest BCUT2D eigenvalue weighted by Crippen LogP contribution is -2.28. The Morgan fingerprint density at radius 3 is 2.77 bits per heavy atom. The molecule has 116 valence electrons. The van der Waals surface area contributed by atoms with Crippen LogP contribution in [0.3, 0.4) is 0 Å². The van der Waals surface area contributed by atoms with Gasteiger partial charge in [0.05, 0.1) is 12.7 Å². The largest absolute Gasteiger partial charge is 0.347 e. The van der Waals surface area contributed by atoms with E-state index in [4.69, 9.17) is 0 Å². The molecule has 0 spiro atoms. The van der Waals surface area contributed by atoms with Gasteiger partial charge in [-0.1, -0.05) is 0 Å². The highest BCUT2D eigenvalue weighted by Crippen LogP contribution is 2.44. The zero-order valence-corrected chi connectivity index (χ0v) is 12.7. The molecule has 2 aliphatic carbocycles. The van der Waals surface area contributed by atoms with E-state index < -0.39 is 0 Å². The van der Waals surface area contributed by atoms with E-state index in [0.29, 0.717) is 18.5 Å². The van der Waals surface area contributed by atoms with Crippen molar-refractivity contribution >= 4 is 5.91 Å². The Balaban J connectivity index is 1.40. The number of nitrogens with zero attached hydrogens (tertiary/aromatic N) is 5. The minimum absolute atomic E-state index is 0.0542. The highest BCUT2D eigenvalue weighted by atomic mass is 16.2. The van der Waals surface area contributed by atoms with Crippen LogP contribution in [0.5, 0.6) is 0 Å². The van der Waals surface area contributed by atoms with E-state index in [1.165, 1.54) is 25.7 Å². The fourth-order valence-electron chi connectivity index (χ4n) is 2.74. The maximum Gasteiger partial charge on any atom is 0.242 e. The standard InChI is InChI=1S/C15H20N6O/c1-10-6-17-20(8-10)9-14(22)16-7-13-18-19-15(11-2-3-11)21(13)12-4-5-12/h6,8,11-12H,2-5,7,9H2,1H3,(H,16,22). The molecule has 0 unspecified atom stereocenters. The van der Waals surface area contributed by atoms with Gasteiger partial charge < -0.3 is 9.88 Å². The predicted octanol–water partition coefficient (Wildman–Crippen LogP) is 1.31. The topological polar surface area (TPSA) is 77.6 Å². The minimum Gasteiger partial charge on any atom is -0.347 e. The maximum atomic E-state index is 12.0. The molecular weight excluding hydrogens is 280 g/mol. The number of nitrogens with one attached hydrogen (secondary N) is 1. The van der Waals surface area contributed by atoms with E-state index in [9.17, 15) is 4.79 Å². The van der Waals surface area contributed by atoms with Crippen LogP contribution in [0, 0.1) is 6.92 Å². The SMILES string of the molecule is Cc1cnn(CC(=O)NCc2nnc(C3CC3)n2C2CC2)c1. The Bertz CT molecular complexity index is 695. The monoisotopic (exact) mass is 300 g/mol. The number of amides is 1. The zero-order valence-electron chi connectivity index (χ0n) is 12.7. The smallest absolute Gasteiger partial charge is 0.242 e. The third kappa shape index (κ3) is 2.75. The maximum absolute atomic E-state index is 12.0. The quantitative estimate of drug-likeness (QED) is 0.872. The Kier molecular flexibility index (Phi) is 3.20. The lowest BCUT2D eigenvalue weighted by Gasteiger charge is -2.09. The van der Waals surface area contributed by atoms with Gasteiger partial charge in [-0.25, -0.2) is 0 Å². The molecule has 0 aliphatic heterocycles. The van der Waals surface area contributed by atoms with E-state index in [-0.39, 0.29) is 12.5 Å². The van der Waals surface area contributed by atoms with Crippen LogP contribution >= 0.6 is 0 Å². The van der Waals surface area contributed by atoms with Gasteiger partial charge in [-0.05, 0) is 38.2 Å². The molecule has 2 heterocycles. The van der Waals surface area contributed by atoms with Crippen LogP contribution in [0.2, 0.25) is 0 Å². The Morgan fingerprint density at radius 1 is 1.32 bits per heavy atom. The van der Waals surface area contributed by atoms with Gasteiger partial charge in [-0.3, -0.25) is 9.48 Å². The normalized spacial score (nSPS) is 17.7. The van der Waals surface area contributed by atoms with E-state index in [2.05, 4.69) is 25.2 Å². The third-order valence-electron chi connectivity index (χ3n) is 4.16. The minimum atomic E-state index is -0.0542. The van der Waals surface area contributed by atoms with Crippen LogP contribution in [0.15, 0.2) is 12.4 Å². The van der Waals surface area contributed by atoms with Gasteiger partial charge in [0.2, 0.25) is 5.91 Å². The van der Waals surface area contributed by atoms with Crippen LogP contribution in [0.4, 0.5) is 0 Å². The fourth-order valence-corrected chi connectivity index (χ4v) is 2.74. The van der Waals surface area contributed by atoms with Crippen molar-refractivity contribution in [2.45, 2.75) is 57.7 Å². The molecule has 0 radical (unpaired) electrons. The molecule has 2 aromatic heterocycles. The third-order valence-corrected chi connectivity index (χ3v) is 4.16. The Hall–Kier alpha value is -2.18. The summed E-state index contributed by atoms with van der Waals surface area (Å²) >= 11 is 0. The molecule has 4 rings (SSSR count). The van der Waals surface area contributed by atoms with E-state index in [0.717, 1.165) is 17.2 Å². The van der Waals surface area contributed by atoms with Gasteiger partial charge in [0.1, 0.15) is 12.4 Å². The molecule has 2 saturated carbocycles. The number of aromatic nitrogens is 5. The molecule has 0 bridgehead atoms. The van der Waals surface area contributed by atoms with Crippen molar-refractivity contribution in [2.75, 3.05) is 0 Å². The lowest BCUT2D eigenvalue weighted by atomic mass is 10.3. The van der Waals surface area contributed by atoms with Crippen LogP contribution in [-0.4, -0.2) is 30.5 Å². The van der Waals surface area contributed by atoms with Gasteiger partial charge in [0.15, 0.2) is 5.82 Å². The summed E-state index contributed by atoms with van der Waals surface area (Å²) in [6.45, 7) is 2.63. The van der Waals surface area contributed by atoms with Gasteiger partial charge in [-0.15, -0.1) is 10.2 Å². The lowest BCUT2D eigenvalue weighted by molar-refractivity contribution is -0.122. The first-order chi connectivity index (χ1) is 10.7. The van der Waals surface area contributed by atoms with Crippen LogP contribution in [-0.2, 0) is 17.9 Å². The molecule has 7 nitrogen and oxygen atoms in total. The van der Waals surface area contributed by atoms with E-state index in [1.54, 1.807) is 10.9 Å². The zero-order chi connectivity index (χ0) is 15.1. The van der Waals surface area contributed by atoms with E-state index in [1.807, 2.05) is 13.1 Å². The first-order valence-corrected chi connectivity index (χ1v) is 7.90. The van der Waals surface area contributed by atoms with Crippen molar-refractivity contribution in [3.05, 3.63) is 29.6 Å². The number of hydrogen-bond acceptors (Lipinski definition) is 4. The summed E-state index contributed by atoms with van der Waals surface area (Å²) in [5.74, 6) is 2.54. The molecule has 0 saturated heterocycles. The summed E-state index contributed by atoms with van der Waals surface area (Å²) in [5.41, 5.74) is 1.05. The second-order valence-electron chi connectivity index (χ2n) is 6.34. The number of carbonyl (C=O) groups is 1. The van der Waals surface area contributed by atoms with Gasteiger partial charge in [0, 0.05) is 18.2 Å². The second kappa shape index (κ2) is 5.23. The molecule has 1 N–H and O–H groups in total. The Labute approximate surface area is 128 Å². The van der Waals surface area contributed by atoms with Crippen molar-refractivity contribution in [1.82, 2.24) is 29.9 Å². The van der Waals surface area contributed by atoms with Crippen molar-refractivity contribution in [1.29, 1.82) is 0 Å². The molecule has 22 heavy (non-hydrogen) atoms. The van der Waals surface area contributed by atoms with Crippen molar-refractivity contribution in [3.63, 3.8) is 0 Å². The summed E-state index contributed by atoms with van der Waals surface area (Å²) in [4.78, 5) is 12.0. The summed E-state index contributed by atoms with van der Waals surface area (Å²) in [5, 5.41) is 15.7. The molecular formula is C15H20N6O. The van der Waals surface area contributed by atoms with Crippen molar-refractivity contribution in [3.8, 4) is 0 Å². The predicted molar refractivity (Wildman–Crippen MR) is 79.1 cm³/mol. The number of aryl methyl sites for hydroxylation is 1. The number of hydrogen-bond donors (Lipinski definition) is 1. The molecule has 1 amide bonds. The van der Waals surface area contributed by atoms with Crippen LogP contribution < -0.4 is 5.32 Å². The average Bonchev–Trinajstić information content (AvgIpc) is 3.42. The van der Waals surface area contributed by atoms with Crippen LogP contribution in [0.25, 0.3) is 0 Å². The highest BCUT2D eigenvalue weighted by molar-refractivity contribution is 5.75. The molecule has 2 fully saturated rings. The number of rotatable bonds is 6. The summed E-state index contributed by atoms with van der Waals surface area (Å²) in [6, 6.07) is 0.547. The molecule has 7 heteroatoms. The van der Waals surface area contributed by atoms with Crippen LogP contribution in [0.1, 0.15) is 54.9 Å². The van der Waals surface area contributed by atoms with Gasteiger partial charge in [0.25, 0.3) is 0 Å². The average molecular weight is 300 g/mol. The highest BCUT2D eigenvalue weighted by Gasteiger charge is 2.36. The summed E-state index contributed by atoms with van der Waals surface area (Å²) < 4.78 is 3.90. The first-order valence-electron chi connectivity index (χ1n) is 7.90. The molecule has 0 atom stereocenters. The number of carbonyl (C=O) groups excluding carboxylic acids is 1. The Morgan fingerprint density at radius 2 is 2.14 bits per heavy atom. The summed E-state index contributed by atoms with van der Waals surface area (Å²) in [7, 11) is 0.